The molecule has 0 unspecified atom stereocenters. The fourth-order valence-electron chi connectivity index (χ4n) is 3.77. The van der Waals surface area contributed by atoms with Gasteiger partial charge in [0.1, 0.15) is 11.8 Å². The first-order valence-corrected chi connectivity index (χ1v) is 15.2. The number of rotatable bonds is 14. The zero-order valence-electron chi connectivity index (χ0n) is 22.5. The Morgan fingerprint density at radius 3 is 2.16 bits per heavy atom. The van der Waals surface area contributed by atoms with E-state index in [2.05, 4.69) is 5.32 Å². The summed E-state index contributed by atoms with van der Waals surface area (Å²) in [6, 6.07) is 11.0. The summed E-state index contributed by atoms with van der Waals surface area (Å²) in [5.74, 6) is 0.284. The van der Waals surface area contributed by atoms with Gasteiger partial charge in [-0.05, 0) is 62.6 Å². The predicted octanol–water partition coefficient (Wildman–Crippen LogP) is 5.13. The SMILES string of the molecule is CCOc1ccc(N(CCCC(=O)N(Cc2c(Cl)cccc2Cl)[C@@H](C)C(=O)NCC(C)C)S(C)(=O)=O)cc1. The third-order valence-electron chi connectivity index (χ3n) is 5.83. The van der Waals surface area contributed by atoms with Gasteiger partial charge in [-0.1, -0.05) is 43.1 Å². The van der Waals surface area contributed by atoms with Crippen LogP contribution in [0.3, 0.4) is 0 Å². The first-order chi connectivity index (χ1) is 17.8. The predicted molar refractivity (Wildman–Crippen MR) is 153 cm³/mol. The van der Waals surface area contributed by atoms with E-state index in [0.717, 1.165) is 6.26 Å². The molecule has 2 aromatic rings. The molecule has 0 spiro atoms. The van der Waals surface area contributed by atoms with Gasteiger partial charge in [-0.15, -0.1) is 0 Å². The molecule has 0 saturated heterocycles. The molecule has 1 atom stereocenters. The second-order valence-electron chi connectivity index (χ2n) is 9.40. The minimum absolute atomic E-state index is 0.0208. The Balaban J connectivity index is 2.20. The number of amides is 2. The number of ether oxygens (including phenoxy) is 1. The summed E-state index contributed by atoms with van der Waals surface area (Å²) >= 11 is 12.7. The van der Waals surface area contributed by atoms with E-state index in [0.29, 0.717) is 40.2 Å². The number of sulfonamides is 1. The molecule has 2 rings (SSSR count). The molecule has 38 heavy (non-hydrogen) atoms. The average Bonchev–Trinajstić information content (AvgIpc) is 2.84. The first kappa shape index (κ1) is 31.7. The molecule has 2 aromatic carbocycles. The lowest BCUT2D eigenvalue weighted by Crippen LogP contribution is -2.48. The standard InChI is InChI=1S/C27H37Cl2N3O5S/c1-6-37-22-14-12-21(13-15-22)32(38(5,35)36)16-8-11-26(33)31(20(4)27(34)30-17-19(2)3)18-23-24(28)9-7-10-25(23)29/h7,9-10,12-15,19-20H,6,8,11,16-18H2,1-5H3,(H,30,34)/t20-/m0/s1. The summed E-state index contributed by atoms with van der Waals surface area (Å²) < 4.78 is 31.7. The van der Waals surface area contributed by atoms with E-state index in [-0.39, 0.29) is 43.7 Å². The van der Waals surface area contributed by atoms with Crippen LogP contribution in [-0.2, 0) is 26.2 Å². The Bertz CT molecular complexity index is 1170. The van der Waals surface area contributed by atoms with Gasteiger partial charge >= 0.3 is 0 Å². The van der Waals surface area contributed by atoms with E-state index in [1.807, 2.05) is 20.8 Å². The molecule has 210 valence electrons. The van der Waals surface area contributed by atoms with Crippen molar-refractivity contribution in [2.24, 2.45) is 5.92 Å². The van der Waals surface area contributed by atoms with Crippen LogP contribution in [-0.4, -0.2) is 57.1 Å². The molecule has 11 heteroatoms. The Morgan fingerprint density at radius 1 is 1.03 bits per heavy atom. The normalized spacial score (nSPS) is 12.2. The lowest BCUT2D eigenvalue weighted by atomic mass is 10.1. The van der Waals surface area contributed by atoms with Gasteiger partial charge in [0.05, 0.1) is 18.6 Å². The van der Waals surface area contributed by atoms with Gasteiger partial charge in [0.15, 0.2) is 0 Å². The Hall–Kier alpha value is -2.49. The van der Waals surface area contributed by atoms with E-state index < -0.39 is 16.1 Å². The third kappa shape index (κ3) is 9.36. The summed E-state index contributed by atoms with van der Waals surface area (Å²) in [5.41, 5.74) is 1.02. The summed E-state index contributed by atoms with van der Waals surface area (Å²) in [6.07, 6.45) is 1.39. The van der Waals surface area contributed by atoms with Crippen molar-refractivity contribution in [1.82, 2.24) is 10.2 Å². The van der Waals surface area contributed by atoms with Gasteiger partial charge in [-0.3, -0.25) is 13.9 Å². The van der Waals surface area contributed by atoms with Crippen molar-refractivity contribution < 1.29 is 22.7 Å². The molecule has 0 bridgehead atoms. The Morgan fingerprint density at radius 2 is 1.63 bits per heavy atom. The zero-order chi connectivity index (χ0) is 28.5. The largest absolute Gasteiger partial charge is 0.494 e. The van der Waals surface area contributed by atoms with Gasteiger partial charge < -0.3 is 15.0 Å². The van der Waals surface area contributed by atoms with Crippen LogP contribution in [0.5, 0.6) is 5.75 Å². The van der Waals surface area contributed by atoms with Crippen LogP contribution in [0.15, 0.2) is 42.5 Å². The number of halogens is 2. The van der Waals surface area contributed by atoms with Crippen molar-refractivity contribution in [1.29, 1.82) is 0 Å². The van der Waals surface area contributed by atoms with Gasteiger partial charge in [0.2, 0.25) is 21.8 Å². The number of anilines is 1. The highest BCUT2D eigenvalue weighted by molar-refractivity contribution is 7.92. The number of nitrogens with zero attached hydrogens (tertiary/aromatic N) is 2. The first-order valence-electron chi connectivity index (χ1n) is 12.6. The smallest absolute Gasteiger partial charge is 0.242 e. The van der Waals surface area contributed by atoms with Crippen molar-refractivity contribution in [3.8, 4) is 5.75 Å². The molecule has 0 aliphatic rings. The lowest BCUT2D eigenvalue weighted by molar-refractivity contribution is -0.140. The van der Waals surface area contributed by atoms with E-state index in [1.54, 1.807) is 49.4 Å². The van der Waals surface area contributed by atoms with Crippen LogP contribution >= 0.6 is 23.2 Å². The van der Waals surface area contributed by atoms with Gasteiger partial charge in [-0.2, -0.15) is 0 Å². The van der Waals surface area contributed by atoms with Crippen LogP contribution in [0.2, 0.25) is 10.0 Å². The molecule has 0 heterocycles. The number of benzene rings is 2. The molecule has 0 aliphatic carbocycles. The second kappa shape index (κ2) is 14.6. The number of hydrogen-bond donors (Lipinski definition) is 1. The van der Waals surface area contributed by atoms with Crippen LogP contribution < -0.4 is 14.4 Å². The molecule has 0 saturated carbocycles. The molecule has 0 aromatic heterocycles. The maximum absolute atomic E-state index is 13.4. The quantitative estimate of drug-likeness (QED) is 0.331. The number of carbonyl (C=O) groups is 2. The van der Waals surface area contributed by atoms with Crippen LogP contribution in [0.1, 0.15) is 46.1 Å². The minimum atomic E-state index is -3.60. The molecule has 0 fully saturated rings. The van der Waals surface area contributed by atoms with Crippen molar-refractivity contribution >= 4 is 50.7 Å². The fraction of sp³-hybridized carbons (Fsp3) is 0.481. The number of carbonyl (C=O) groups excluding carboxylic acids is 2. The van der Waals surface area contributed by atoms with E-state index >= 15 is 0 Å². The Labute approximate surface area is 236 Å². The van der Waals surface area contributed by atoms with Crippen LogP contribution in [0.4, 0.5) is 5.69 Å². The number of nitrogens with one attached hydrogen (secondary N) is 1. The van der Waals surface area contributed by atoms with E-state index in [9.17, 15) is 18.0 Å². The molecule has 8 nitrogen and oxygen atoms in total. The Kier molecular flexibility index (Phi) is 12.2. The topological polar surface area (TPSA) is 96.0 Å². The van der Waals surface area contributed by atoms with E-state index in [1.165, 1.54) is 9.21 Å². The van der Waals surface area contributed by atoms with E-state index in [4.69, 9.17) is 27.9 Å². The summed E-state index contributed by atoms with van der Waals surface area (Å²) in [5, 5.41) is 3.65. The molecule has 2 amide bonds. The summed E-state index contributed by atoms with van der Waals surface area (Å²) in [7, 11) is -3.60. The molecule has 0 aliphatic heterocycles. The second-order valence-corrected chi connectivity index (χ2v) is 12.1. The number of hydrogen-bond acceptors (Lipinski definition) is 5. The molecular weight excluding hydrogens is 549 g/mol. The molecule has 1 N–H and O–H groups in total. The van der Waals surface area contributed by atoms with Crippen molar-refractivity contribution in [2.45, 2.75) is 53.1 Å². The highest BCUT2D eigenvalue weighted by Crippen LogP contribution is 2.27. The maximum atomic E-state index is 13.4. The van der Waals surface area contributed by atoms with Crippen LogP contribution in [0, 0.1) is 5.92 Å². The van der Waals surface area contributed by atoms with Gasteiger partial charge in [0, 0.05) is 41.7 Å². The molecular formula is C27H37Cl2N3O5S. The summed E-state index contributed by atoms with van der Waals surface area (Å²) in [6.45, 7) is 8.59. The average molecular weight is 587 g/mol. The monoisotopic (exact) mass is 585 g/mol. The van der Waals surface area contributed by atoms with Crippen LogP contribution in [0.25, 0.3) is 0 Å². The van der Waals surface area contributed by atoms with Crippen molar-refractivity contribution in [3.05, 3.63) is 58.1 Å². The lowest BCUT2D eigenvalue weighted by Gasteiger charge is -2.30. The fourth-order valence-corrected chi connectivity index (χ4v) is 5.25. The third-order valence-corrected chi connectivity index (χ3v) is 7.73. The highest BCUT2D eigenvalue weighted by atomic mass is 35.5. The molecule has 0 radical (unpaired) electrons. The van der Waals surface area contributed by atoms with Crippen molar-refractivity contribution in [2.75, 3.05) is 30.3 Å². The highest BCUT2D eigenvalue weighted by Gasteiger charge is 2.28. The zero-order valence-corrected chi connectivity index (χ0v) is 24.9. The maximum Gasteiger partial charge on any atom is 0.242 e. The van der Waals surface area contributed by atoms with Crippen molar-refractivity contribution in [3.63, 3.8) is 0 Å². The van der Waals surface area contributed by atoms with Gasteiger partial charge in [-0.25, -0.2) is 8.42 Å². The minimum Gasteiger partial charge on any atom is -0.494 e. The van der Waals surface area contributed by atoms with Gasteiger partial charge in [0.25, 0.3) is 0 Å². The summed E-state index contributed by atoms with van der Waals surface area (Å²) in [4.78, 5) is 27.7.